The van der Waals surface area contributed by atoms with Crippen LogP contribution in [0, 0.1) is 13.8 Å². The van der Waals surface area contributed by atoms with Gasteiger partial charge in [-0.2, -0.15) is 5.10 Å². The monoisotopic (exact) mass is 513 g/mol. The van der Waals surface area contributed by atoms with Crippen LogP contribution in [0.5, 0.6) is 17.2 Å². The smallest absolute Gasteiger partial charge is 0.247 e. The average molecular weight is 514 g/mol. The lowest BCUT2D eigenvalue weighted by molar-refractivity contribution is -0.120. The van der Waals surface area contributed by atoms with Crippen LogP contribution in [0.4, 0.5) is 5.13 Å². The van der Waals surface area contributed by atoms with Crippen LogP contribution in [0.3, 0.4) is 0 Å². The van der Waals surface area contributed by atoms with E-state index in [4.69, 9.17) is 24.7 Å². The summed E-state index contributed by atoms with van der Waals surface area (Å²) in [6.45, 7) is 8.20. The SMILES string of the molecule is CCOc1cc(C=NNC(=O)Cc2nnc(N)s2)ccc1OCCOCCOc1ccc(C)c(C)c1. The topological polar surface area (TPSA) is 130 Å². The summed E-state index contributed by atoms with van der Waals surface area (Å²) in [7, 11) is 0. The number of nitrogens with two attached hydrogens (primary N) is 1. The van der Waals surface area contributed by atoms with Gasteiger partial charge in [-0.25, -0.2) is 5.43 Å². The fourth-order valence-corrected chi connectivity index (χ4v) is 3.63. The van der Waals surface area contributed by atoms with E-state index in [1.807, 2.05) is 31.2 Å². The van der Waals surface area contributed by atoms with Crippen LogP contribution in [0.25, 0.3) is 0 Å². The van der Waals surface area contributed by atoms with Gasteiger partial charge in [0.1, 0.15) is 24.0 Å². The second-order valence-electron chi connectivity index (χ2n) is 7.70. The maximum atomic E-state index is 12.0. The minimum absolute atomic E-state index is 0.0585. The van der Waals surface area contributed by atoms with Crippen LogP contribution in [0.1, 0.15) is 28.6 Å². The number of carbonyl (C=O) groups is 1. The summed E-state index contributed by atoms with van der Waals surface area (Å²) in [6, 6.07) is 11.4. The Morgan fingerprint density at radius 2 is 1.81 bits per heavy atom. The third kappa shape index (κ3) is 8.82. The zero-order valence-electron chi connectivity index (χ0n) is 20.7. The number of anilines is 1. The van der Waals surface area contributed by atoms with Crippen molar-refractivity contribution in [3.63, 3.8) is 0 Å². The van der Waals surface area contributed by atoms with Crippen LogP contribution >= 0.6 is 11.3 Å². The van der Waals surface area contributed by atoms with Crippen LogP contribution in [-0.2, 0) is 16.0 Å². The van der Waals surface area contributed by atoms with Gasteiger partial charge in [0.25, 0.3) is 0 Å². The summed E-state index contributed by atoms with van der Waals surface area (Å²) < 4.78 is 22.8. The van der Waals surface area contributed by atoms with Gasteiger partial charge in [0, 0.05) is 0 Å². The van der Waals surface area contributed by atoms with Gasteiger partial charge in [-0.05, 0) is 67.8 Å². The van der Waals surface area contributed by atoms with Crippen LogP contribution in [0.2, 0.25) is 0 Å². The summed E-state index contributed by atoms with van der Waals surface area (Å²) >= 11 is 1.16. The number of hydrogen-bond acceptors (Lipinski definition) is 10. The van der Waals surface area contributed by atoms with Crippen LogP contribution < -0.4 is 25.4 Å². The number of amides is 1. The van der Waals surface area contributed by atoms with Crippen LogP contribution in [-0.4, -0.2) is 55.4 Å². The molecule has 3 aromatic rings. The molecule has 0 saturated carbocycles. The minimum atomic E-state index is -0.313. The lowest BCUT2D eigenvalue weighted by Crippen LogP contribution is -2.19. The molecular weight excluding hydrogens is 482 g/mol. The molecule has 11 heteroatoms. The minimum Gasteiger partial charge on any atom is -0.491 e. The quantitative estimate of drug-likeness (QED) is 0.191. The molecule has 0 aliphatic rings. The Morgan fingerprint density at radius 3 is 2.53 bits per heavy atom. The van der Waals surface area contributed by atoms with E-state index in [0.717, 1.165) is 22.6 Å². The van der Waals surface area contributed by atoms with Crippen molar-refractivity contribution in [3.8, 4) is 17.2 Å². The van der Waals surface area contributed by atoms with E-state index in [9.17, 15) is 4.79 Å². The molecule has 10 nitrogen and oxygen atoms in total. The maximum Gasteiger partial charge on any atom is 0.247 e. The van der Waals surface area contributed by atoms with E-state index < -0.39 is 0 Å². The number of hydrogen-bond donors (Lipinski definition) is 2. The molecule has 1 heterocycles. The Morgan fingerprint density at radius 1 is 1.00 bits per heavy atom. The third-order valence-electron chi connectivity index (χ3n) is 4.92. The van der Waals surface area contributed by atoms with E-state index in [2.05, 4.69) is 34.6 Å². The van der Waals surface area contributed by atoms with Crippen molar-refractivity contribution >= 4 is 28.6 Å². The van der Waals surface area contributed by atoms with Crippen molar-refractivity contribution in [2.24, 2.45) is 5.10 Å². The Hall–Kier alpha value is -3.70. The van der Waals surface area contributed by atoms with Crippen molar-refractivity contribution < 1.29 is 23.7 Å². The zero-order chi connectivity index (χ0) is 25.8. The normalized spacial score (nSPS) is 11.0. The number of ether oxygens (including phenoxy) is 4. The Kier molecular flexibility index (Phi) is 10.5. The van der Waals surface area contributed by atoms with Gasteiger partial charge in [-0.1, -0.05) is 17.4 Å². The molecule has 0 aliphatic carbocycles. The van der Waals surface area contributed by atoms with E-state index >= 15 is 0 Å². The largest absolute Gasteiger partial charge is 0.491 e. The molecule has 0 bridgehead atoms. The van der Waals surface area contributed by atoms with Crippen molar-refractivity contribution in [1.82, 2.24) is 15.6 Å². The molecule has 2 aromatic carbocycles. The molecule has 0 saturated heterocycles. The van der Waals surface area contributed by atoms with Crippen LogP contribution in [0.15, 0.2) is 41.5 Å². The lowest BCUT2D eigenvalue weighted by Gasteiger charge is -2.13. The summed E-state index contributed by atoms with van der Waals surface area (Å²) in [4.78, 5) is 12.0. The van der Waals surface area contributed by atoms with Gasteiger partial charge in [-0.15, -0.1) is 10.2 Å². The standard InChI is InChI=1S/C25H31N5O5S/c1-4-33-22-14-19(16-27-28-23(31)15-24-29-30-25(26)36-24)6-8-21(22)35-12-10-32-9-11-34-20-7-5-17(2)18(3)13-20/h5-8,13-14,16H,4,9-12,15H2,1-3H3,(H2,26,30)(H,28,31). The van der Waals surface area contributed by atoms with Crippen molar-refractivity contribution in [1.29, 1.82) is 0 Å². The molecule has 3 N–H and O–H groups in total. The molecule has 0 spiro atoms. The second kappa shape index (κ2) is 14.0. The summed E-state index contributed by atoms with van der Waals surface area (Å²) in [5.41, 5.74) is 11.2. The van der Waals surface area contributed by atoms with Crippen molar-refractivity contribution in [2.75, 3.05) is 38.8 Å². The summed E-state index contributed by atoms with van der Waals surface area (Å²) in [5.74, 6) is 1.70. The molecule has 0 fully saturated rings. The highest BCUT2D eigenvalue weighted by molar-refractivity contribution is 7.15. The van der Waals surface area contributed by atoms with E-state index in [1.54, 1.807) is 12.1 Å². The number of benzene rings is 2. The third-order valence-corrected chi connectivity index (χ3v) is 5.68. The summed E-state index contributed by atoms with van der Waals surface area (Å²) in [5, 5.41) is 12.3. The molecular formula is C25H31N5O5S. The first-order valence-corrected chi connectivity index (χ1v) is 12.3. The highest BCUT2D eigenvalue weighted by Gasteiger charge is 2.08. The number of nitrogens with one attached hydrogen (secondary N) is 1. The molecule has 1 amide bonds. The zero-order valence-corrected chi connectivity index (χ0v) is 21.5. The molecule has 36 heavy (non-hydrogen) atoms. The van der Waals surface area contributed by atoms with E-state index in [-0.39, 0.29) is 12.3 Å². The van der Waals surface area contributed by atoms with E-state index in [0.29, 0.717) is 54.7 Å². The lowest BCUT2D eigenvalue weighted by atomic mass is 10.1. The highest BCUT2D eigenvalue weighted by atomic mass is 32.1. The fourth-order valence-electron chi connectivity index (χ4n) is 3.02. The number of nitrogens with zero attached hydrogens (tertiary/aromatic N) is 3. The molecule has 3 rings (SSSR count). The fraction of sp³-hybridized carbons (Fsp3) is 0.360. The molecule has 192 valence electrons. The molecule has 0 unspecified atom stereocenters. The molecule has 1 aromatic heterocycles. The van der Waals surface area contributed by atoms with E-state index in [1.165, 1.54) is 17.3 Å². The van der Waals surface area contributed by atoms with Gasteiger partial charge >= 0.3 is 0 Å². The second-order valence-corrected chi connectivity index (χ2v) is 8.79. The average Bonchev–Trinajstić information content (AvgIpc) is 3.26. The molecule has 0 radical (unpaired) electrons. The first-order valence-electron chi connectivity index (χ1n) is 11.5. The van der Waals surface area contributed by atoms with Crippen molar-refractivity contribution in [2.45, 2.75) is 27.2 Å². The number of hydrazone groups is 1. The summed E-state index contributed by atoms with van der Waals surface area (Å²) in [6.07, 6.45) is 1.58. The predicted molar refractivity (Wildman–Crippen MR) is 139 cm³/mol. The van der Waals surface area contributed by atoms with Gasteiger partial charge in [-0.3, -0.25) is 4.79 Å². The number of aromatic nitrogens is 2. The van der Waals surface area contributed by atoms with Gasteiger partial charge in [0.15, 0.2) is 11.5 Å². The Balaban J connectivity index is 1.39. The number of aryl methyl sites for hydroxylation is 2. The molecule has 0 aliphatic heterocycles. The Bertz CT molecular complexity index is 1170. The number of nitrogen functional groups attached to an aromatic ring is 1. The van der Waals surface area contributed by atoms with Crippen molar-refractivity contribution in [3.05, 3.63) is 58.1 Å². The predicted octanol–water partition coefficient (Wildman–Crippen LogP) is 3.30. The number of carbonyl (C=O) groups excluding carboxylic acids is 1. The van der Waals surface area contributed by atoms with Gasteiger partial charge in [0.2, 0.25) is 11.0 Å². The maximum absolute atomic E-state index is 12.0. The van der Waals surface area contributed by atoms with Gasteiger partial charge < -0.3 is 24.7 Å². The first kappa shape index (κ1) is 26.9. The Labute approximate surface area is 214 Å². The molecule has 0 atom stereocenters. The first-order chi connectivity index (χ1) is 17.4. The number of rotatable bonds is 14. The van der Waals surface area contributed by atoms with Gasteiger partial charge in [0.05, 0.1) is 32.5 Å². The highest BCUT2D eigenvalue weighted by Crippen LogP contribution is 2.28.